The highest BCUT2D eigenvalue weighted by Crippen LogP contribution is 2.39. The Labute approximate surface area is 144 Å². The monoisotopic (exact) mass is 325 g/mol. The largest absolute Gasteiger partial charge is 0.388 e. The second-order valence-electron chi connectivity index (χ2n) is 7.18. The molecule has 3 nitrogen and oxygen atoms in total. The number of nitrogens with zero attached hydrogens (tertiary/aromatic N) is 1. The average Bonchev–Trinajstić information content (AvgIpc) is 2.68. The summed E-state index contributed by atoms with van der Waals surface area (Å²) in [6, 6.07) is 15.2. The van der Waals surface area contributed by atoms with Gasteiger partial charge in [-0.05, 0) is 29.2 Å². The van der Waals surface area contributed by atoms with E-state index < -0.39 is 0 Å². The summed E-state index contributed by atoms with van der Waals surface area (Å²) in [5.74, 6) is 0.322. The zero-order chi connectivity index (χ0) is 16.4. The first-order valence-electron chi connectivity index (χ1n) is 9.32. The summed E-state index contributed by atoms with van der Waals surface area (Å²) >= 11 is 0. The van der Waals surface area contributed by atoms with Crippen molar-refractivity contribution in [3.63, 3.8) is 0 Å². The van der Waals surface area contributed by atoms with E-state index in [4.69, 9.17) is 4.74 Å². The van der Waals surface area contributed by atoms with Crippen molar-refractivity contribution in [1.29, 1.82) is 0 Å². The minimum absolute atomic E-state index is 0.322. The van der Waals surface area contributed by atoms with Gasteiger partial charge in [-0.2, -0.15) is 0 Å². The van der Waals surface area contributed by atoms with Gasteiger partial charge in [-0.25, -0.2) is 0 Å². The first-order valence-corrected chi connectivity index (χ1v) is 9.32. The van der Waals surface area contributed by atoms with E-state index in [1.54, 1.807) is 0 Å². The Balaban J connectivity index is 1.64. The van der Waals surface area contributed by atoms with Gasteiger partial charge in [0.1, 0.15) is 0 Å². The lowest BCUT2D eigenvalue weighted by molar-refractivity contribution is -0.0369. The average molecular weight is 325 g/mol. The van der Waals surface area contributed by atoms with Crippen LogP contribution in [0.5, 0.6) is 0 Å². The van der Waals surface area contributed by atoms with Gasteiger partial charge in [-0.3, -0.25) is 4.90 Å². The fourth-order valence-electron chi connectivity index (χ4n) is 4.61. The van der Waals surface area contributed by atoms with E-state index >= 15 is 0 Å². The van der Waals surface area contributed by atoms with Crippen molar-refractivity contribution >= 4 is 10.8 Å². The number of aliphatic hydroxyl groups is 1. The zero-order valence-electron chi connectivity index (χ0n) is 14.2. The fraction of sp³-hybridized carbons (Fsp3) is 0.524. The molecule has 2 aliphatic rings. The first-order chi connectivity index (χ1) is 11.8. The van der Waals surface area contributed by atoms with Gasteiger partial charge < -0.3 is 9.84 Å². The molecule has 1 heterocycles. The highest BCUT2D eigenvalue weighted by atomic mass is 16.5. The number of rotatable bonds is 3. The molecule has 0 radical (unpaired) electrons. The zero-order valence-corrected chi connectivity index (χ0v) is 14.2. The van der Waals surface area contributed by atoms with Crippen LogP contribution in [0.3, 0.4) is 0 Å². The van der Waals surface area contributed by atoms with Crippen LogP contribution in [0.15, 0.2) is 42.5 Å². The van der Waals surface area contributed by atoms with Crippen molar-refractivity contribution in [2.24, 2.45) is 5.92 Å². The lowest BCUT2D eigenvalue weighted by atomic mass is 9.77. The van der Waals surface area contributed by atoms with Crippen LogP contribution in [0.25, 0.3) is 10.8 Å². The van der Waals surface area contributed by atoms with E-state index in [-0.39, 0.29) is 6.10 Å². The summed E-state index contributed by atoms with van der Waals surface area (Å²) in [4.78, 5) is 2.56. The van der Waals surface area contributed by atoms with E-state index in [1.807, 2.05) is 0 Å². The van der Waals surface area contributed by atoms with E-state index in [9.17, 15) is 5.11 Å². The molecule has 0 bridgehead atoms. The molecule has 2 fully saturated rings. The molecule has 1 saturated carbocycles. The number of hydrogen-bond acceptors (Lipinski definition) is 3. The van der Waals surface area contributed by atoms with Crippen molar-refractivity contribution in [3.05, 3.63) is 48.0 Å². The molecule has 0 aromatic heterocycles. The van der Waals surface area contributed by atoms with Gasteiger partial charge in [0, 0.05) is 25.0 Å². The molecular weight excluding hydrogens is 298 g/mol. The Hall–Kier alpha value is -1.42. The predicted octanol–water partition coefficient (Wildman–Crippen LogP) is 3.76. The molecule has 1 aliphatic carbocycles. The quantitative estimate of drug-likeness (QED) is 0.932. The van der Waals surface area contributed by atoms with Crippen LogP contribution < -0.4 is 0 Å². The molecule has 2 aromatic carbocycles. The number of morpholine rings is 1. The molecule has 24 heavy (non-hydrogen) atoms. The molecule has 2 aromatic rings. The highest BCUT2D eigenvalue weighted by Gasteiger charge is 2.36. The molecular formula is C21H27NO2. The maximum absolute atomic E-state index is 11.3. The van der Waals surface area contributed by atoms with E-state index in [0.29, 0.717) is 12.0 Å². The fourth-order valence-corrected chi connectivity index (χ4v) is 4.61. The summed E-state index contributed by atoms with van der Waals surface area (Å²) in [5, 5.41) is 13.7. The van der Waals surface area contributed by atoms with Crippen molar-refractivity contribution in [2.75, 3.05) is 26.3 Å². The predicted molar refractivity (Wildman–Crippen MR) is 97.0 cm³/mol. The van der Waals surface area contributed by atoms with E-state index in [2.05, 4.69) is 47.4 Å². The van der Waals surface area contributed by atoms with Gasteiger partial charge >= 0.3 is 0 Å². The smallest absolute Gasteiger partial charge is 0.0839 e. The second-order valence-corrected chi connectivity index (χ2v) is 7.18. The Morgan fingerprint density at radius 3 is 2.58 bits per heavy atom. The van der Waals surface area contributed by atoms with Gasteiger partial charge in [0.25, 0.3) is 0 Å². The van der Waals surface area contributed by atoms with Crippen LogP contribution >= 0.6 is 0 Å². The van der Waals surface area contributed by atoms with Crippen molar-refractivity contribution in [1.82, 2.24) is 4.90 Å². The Bertz CT molecular complexity index is 675. The molecule has 1 saturated heterocycles. The molecule has 3 atom stereocenters. The van der Waals surface area contributed by atoms with Crippen LogP contribution in [0.1, 0.15) is 37.4 Å². The summed E-state index contributed by atoms with van der Waals surface area (Å²) in [7, 11) is 0. The van der Waals surface area contributed by atoms with E-state index in [1.165, 1.54) is 30.0 Å². The standard InChI is InChI=1S/C21H27NO2/c23-21(18-10-5-7-16-6-1-2-8-17(16)18)19-9-3-4-11-20(19)22-12-14-24-15-13-22/h1-2,5-8,10,19-21,23H,3-4,9,11-15H2/t19-,20-,21+/m1/s1. The maximum Gasteiger partial charge on any atom is 0.0839 e. The Kier molecular flexibility index (Phi) is 4.83. The number of hydrogen-bond donors (Lipinski definition) is 1. The lowest BCUT2D eigenvalue weighted by Crippen LogP contribution is -2.49. The summed E-state index contributed by atoms with van der Waals surface area (Å²) in [6.07, 6.45) is 4.44. The molecule has 0 unspecified atom stereocenters. The second kappa shape index (κ2) is 7.22. The molecule has 1 aliphatic heterocycles. The SMILES string of the molecule is O[C@@H](c1cccc2ccccc12)[C@@H]1CCCC[C@H]1N1CCOCC1. The summed E-state index contributed by atoms with van der Waals surface area (Å²) < 4.78 is 5.52. The Morgan fingerprint density at radius 1 is 0.958 bits per heavy atom. The molecule has 128 valence electrons. The van der Waals surface area contributed by atoms with E-state index in [0.717, 1.165) is 38.3 Å². The van der Waals surface area contributed by atoms with Crippen molar-refractivity contribution in [2.45, 2.75) is 37.8 Å². The third-order valence-corrected chi connectivity index (χ3v) is 5.84. The number of benzene rings is 2. The number of aliphatic hydroxyl groups excluding tert-OH is 1. The normalized spacial score (nSPS) is 27.2. The summed E-state index contributed by atoms with van der Waals surface area (Å²) in [6.45, 7) is 3.66. The van der Waals surface area contributed by atoms with Gasteiger partial charge in [0.2, 0.25) is 0 Å². The lowest BCUT2D eigenvalue weighted by Gasteiger charge is -2.43. The summed E-state index contributed by atoms with van der Waals surface area (Å²) in [5.41, 5.74) is 1.10. The van der Waals surface area contributed by atoms with Crippen molar-refractivity contribution < 1.29 is 9.84 Å². The maximum atomic E-state index is 11.3. The third-order valence-electron chi connectivity index (χ3n) is 5.84. The minimum Gasteiger partial charge on any atom is -0.388 e. The molecule has 1 N–H and O–H groups in total. The van der Waals surface area contributed by atoms with Gasteiger partial charge in [0.15, 0.2) is 0 Å². The minimum atomic E-state index is -0.385. The molecule has 3 heteroatoms. The molecule has 0 spiro atoms. The number of ether oxygens (including phenoxy) is 1. The van der Waals surface area contributed by atoms with Gasteiger partial charge in [-0.1, -0.05) is 55.3 Å². The third kappa shape index (κ3) is 3.08. The molecule has 0 amide bonds. The Morgan fingerprint density at radius 2 is 1.71 bits per heavy atom. The van der Waals surface area contributed by atoms with Crippen LogP contribution in [-0.4, -0.2) is 42.4 Å². The van der Waals surface area contributed by atoms with Crippen molar-refractivity contribution in [3.8, 4) is 0 Å². The molecule has 4 rings (SSSR count). The van der Waals surface area contributed by atoms with Crippen LogP contribution in [0, 0.1) is 5.92 Å². The van der Waals surface area contributed by atoms with Crippen LogP contribution in [-0.2, 0) is 4.74 Å². The van der Waals surface area contributed by atoms with Crippen LogP contribution in [0.4, 0.5) is 0 Å². The first kappa shape index (κ1) is 16.1. The van der Waals surface area contributed by atoms with Crippen LogP contribution in [0.2, 0.25) is 0 Å². The number of fused-ring (bicyclic) bond motifs is 1. The van der Waals surface area contributed by atoms with Gasteiger partial charge in [0.05, 0.1) is 19.3 Å². The van der Waals surface area contributed by atoms with Gasteiger partial charge in [-0.15, -0.1) is 0 Å². The topological polar surface area (TPSA) is 32.7 Å². The highest BCUT2D eigenvalue weighted by molar-refractivity contribution is 5.86.